The molecule has 0 fully saturated rings. The summed E-state index contributed by atoms with van der Waals surface area (Å²) in [4.78, 5) is 0. The Kier molecular flexibility index (Phi) is 8.41. The van der Waals surface area contributed by atoms with Crippen LogP contribution in [0.25, 0.3) is 5.57 Å². The molecule has 0 bridgehead atoms. The molecule has 4 aromatic carbocycles. The molecule has 0 aromatic heterocycles. The highest BCUT2D eigenvalue weighted by Gasteiger charge is 2.67. The molecule has 65 heavy (non-hydrogen) atoms. The molecule has 0 saturated carbocycles. The number of benzene rings is 4. The van der Waals surface area contributed by atoms with Gasteiger partial charge in [-0.3, -0.25) is 0 Å². The normalized spacial score (nSPS) is 29.1. The van der Waals surface area contributed by atoms with Gasteiger partial charge < -0.3 is 46.2 Å². The van der Waals surface area contributed by atoms with E-state index in [1.807, 2.05) is 24.3 Å². The van der Waals surface area contributed by atoms with E-state index in [0.717, 1.165) is 41.8 Å². The molecule has 324 valence electrons. The first kappa shape index (κ1) is 39.1. The van der Waals surface area contributed by atoms with E-state index in [1.54, 1.807) is 6.07 Å². The van der Waals surface area contributed by atoms with Gasteiger partial charge in [0.25, 0.3) is 0 Å². The maximum atomic E-state index is 11.8. The second kappa shape index (κ2) is 14.0. The second-order valence-electron chi connectivity index (χ2n) is 18.4. The number of aromatic hydroxyl groups is 4. The van der Waals surface area contributed by atoms with Crippen molar-refractivity contribution in [3.63, 3.8) is 0 Å². The Bertz CT molecular complexity index is 3120. The highest BCUT2D eigenvalue weighted by molar-refractivity contribution is 5.97. The molecule has 9 nitrogen and oxygen atoms in total. The third kappa shape index (κ3) is 4.98. The number of aliphatic hydroxyl groups excluding tert-OH is 4. The van der Waals surface area contributed by atoms with Crippen molar-refractivity contribution in [2.75, 3.05) is 0 Å². The summed E-state index contributed by atoms with van der Waals surface area (Å²) in [5.74, 6) is -9.08. The van der Waals surface area contributed by atoms with Crippen LogP contribution in [0.1, 0.15) is 82.9 Å². The van der Waals surface area contributed by atoms with Crippen molar-refractivity contribution < 1.29 is 40.9 Å². The molecule has 9 heteroatoms. The summed E-state index contributed by atoms with van der Waals surface area (Å²) in [6, 6.07) is 27.4. The van der Waals surface area contributed by atoms with Gasteiger partial charge in [-0.25, -0.2) is 0 Å². The van der Waals surface area contributed by atoms with Crippen LogP contribution in [0.3, 0.4) is 0 Å². The average molecular weight is 862 g/mol. The van der Waals surface area contributed by atoms with Gasteiger partial charge in [0.2, 0.25) is 11.5 Å². The minimum Gasteiger partial charge on any atom is -0.508 e. The number of rotatable bonds is 5. The maximum Gasteiger partial charge on any atom is 0.204 e. The molecule has 4 aromatic rings. The van der Waals surface area contributed by atoms with Gasteiger partial charge in [-0.05, 0) is 82.7 Å². The van der Waals surface area contributed by atoms with E-state index in [9.17, 15) is 40.9 Å². The van der Waals surface area contributed by atoms with Crippen molar-refractivity contribution in [1.82, 2.24) is 5.32 Å². The Morgan fingerprint density at radius 1 is 0.615 bits per heavy atom. The molecule has 0 amide bonds. The number of fused-ring (bicyclic) bond motifs is 13. The minimum atomic E-state index is -1.60. The summed E-state index contributed by atoms with van der Waals surface area (Å²) < 4.78 is 0. The van der Waals surface area contributed by atoms with E-state index in [2.05, 4.69) is 115 Å². The number of phenolic OH excluding ortho intramolecular Hbond substituents is 4. The van der Waals surface area contributed by atoms with Gasteiger partial charge in [0.15, 0.2) is 23.0 Å². The zero-order valence-electron chi connectivity index (χ0n) is 35.3. The Labute approximate surface area is 375 Å². The van der Waals surface area contributed by atoms with Crippen LogP contribution in [-0.2, 0) is 10.8 Å². The van der Waals surface area contributed by atoms with Crippen LogP contribution in [0.5, 0.6) is 23.0 Å². The molecule has 8 aliphatic carbocycles. The number of hydrogen-bond acceptors (Lipinski definition) is 9. The summed E-state index contributed by atoms with van der Waals surface area (Å²) in [5.41, 5.74) is 9.05. The highest BCUT2D eigenvalue weighted by atomic mass is 16.4. The largest absolute Gasteiger partial charge is 0.508 e. The Morgan fingerprint density at radius 2 is 1.35 bits per heavy atom. The lowest BCUT2D eigenvalue weighted by Gasteiger charge is -2.41. The lowest BCUT2D eigenvalue weighted by Crippen LogP contribution is -2.38. The maximum absolute atomic E-state index is 11.8. The number of hydrogen-bond donors (Lipinski definition) is 9. The fourth-order valence-corrected chi connectivity index (χ4v) is 13.1. The molecular formula is C56H47NO8. The second-order valence-corrected chi connectivity index (χ2v) is 18.4. The summed E-state index contributed by atoms with van der Waals surface area (Å²) in [5, 5.41) is 93.9. The van der Waals surface area contributed by atoms with Crippen molar-refractivity contribution in [3.8, 4) is 23.0 Å². The smallest absolute Gasteiger partial charge is 0.204 e. The average Bonchev–Trinajstić information content (AvgIpc) is 3.95. The van der Waals surface area contributed by atoms with Gasteiger partial charge in [-0.15, -0.1) is 0 Å². The minimum absolute atomic E-state index is 0.0515. The van der Waals surface area contributed by atoms with Crippen LogP contribution >= 0.6 is 0 Å². The molecule has 7 atom stereocenters. The van der Waals surface area contributed by atoms with Crippen molar-refractivity contribution in [1.29, 1.82) is 0 Å². The van der Waals surface area contributed by atoms with E-state index < -0.39 is 63.3 Å². The number of phenols is 4. The molecule has 9 N–H and O–H groups in total. The lowest BCUT2D eigenvalue weighted by atomic mass is 9.61. The van der Waals surface area contributed by atoms with Gasteiger partial charge in [-0.2, -0.15) is 0 Å². The van der Waals surface area contributed by atoms with Crippen molar-refractivity contribution in [2.24, 2.45) is 17.8 Å². The fourth-order valence-electron chi connectivity index (χ4n) is 13.1. The van der Waals surface area contributed by atoms with Crippen LogP contribution in [-0.4, -0.2) is 40.9 Å². The summed E-state index contributed by atoms with van der Waals surface area (Å²) in [6.07, 6.45) is 27.0. The summed E-state index contributed by atoms with van der Waals surface area (Å²) >= 11 is 0. The van der Waals surface area contributed by atoms with Crippen molar-refractivity contribution >= 4 is 5.57 Å². The van der Waals surface area contributed by atoms with E-state index in [1.165, 1.54) is 27.8 Å². The van der Waals surface area contributed by atoms with Crippen LogP contribution in [0, 0.1) is 17.8 Å². The number of allylic oxidation sites excluding steroid dienone is 17. The molecule has 1 spiro atoms. The standard InChI is InChI=1S/C56H47NO8/c58-47-43-44-46(50(61)54(65)52(63)48(44)59)56(45(43)49(60)53(64)51(47)62)38-19-10-8-17-35(38)42-40(56)20-11-21-41(42)57-33-25-22-29(23-26-33)30-24-27-39-36(28-30)34-16-7-9-18-37(34)55(39,31-12-3-1-4-13-31)32-14-5-2-6-15-32/h1,3-5,7-10,12-20,22,24-29,36,39,43,45,57-65H,2,6,11,21,23H2. The predicted octanol–water partition coefficient (Wildman–Crippen LogP) is 11.1. The van der Waals surface area contributed by atoms with Gasteiger partial charge >= 0.3 is 0 Å². The lowest BCUT2D eigenvalue weighted by molar-refractivity contribution is 0.170. The highest BCUT2D eigenvalue weighted by Crippen LogP contribution is 2.74. The van der Waals surface area contributed by atoms with E-state index in [-0.39, 0.29) is 34.3 Å². The van der Waals surface area contributed by atoms with E-state index in [0.29, 0.717) is 24.0 Å². The van der Waals surface area contributed by atoms with Gasteiger partial charge in [0, 0.05) is 45.8 Å². The quantitative estimate of drug-likeness (QED) is 0.0699. The molecule has 12 rings (SSSR count). The third-order valence-electron chi connectivity index (χ3n) is 15.6. The van der Waals surface area contributed by atoms with Gasteiger partial charge in [-0.1, -0.05) is 134 Å². The van der Waals surface area contributed by atoms with Crippen molar-refractivity contribution in [2.45, 2.75) is 54.8 Å². The van der Waals surface area contributed by atoms with Crippen LogP contribution in [0.4, 0.5) is 0 Å². The van der Waals surface area contributed by atoms with Crippen LogP contribution in [0.2, 0.25) is 0 Å². The third-order valence-corrected chi connectivity index (χ3v) is 15.6. The van der Waals surface area contributed by atoms with E-state index in [4.69, 9.17) is 0 Å². The summed E-state index contributed by atoms with van der Waals surface area (Å²) in [6.45, 7) is 0. The molecule has 0 radical (unpaired) electrons. The van der Waals surface area contributed by atoms with Gasteiger partial charge in [0.1, 0.15) is 11.5 Å². The number of nitrogens with one attached hydrogen (secondary N) is 1. The zero-order chi connectivity index (χ0) is 44.5. The molecular weight excluding hydrogens is 815 g/mol. The SMILES string of the molecule is OC1=C(O)C2c3c(O)c(O)c(O)c(O)c3C3(C4=CCCC(NC5=CCC(C6=CC7c8ccccc8C(C8=CCCC=C8)(c8ccccc8)C7C=C6)C=C5)=C4c4ccccc43)C2C(O)=C1O. The summed E-state index contributed by atoms with van der Waals surface area (Å²) in [7, 11) is 0. The molecule has 0 saturated heterocycles. The Hall–Kier alpha value is -7.52. The fraction of sp³-hybridized carbons (Fsp3) is 0.214. The van der Waals surface area contributed by atoms with Crippen LogP contribution < -0.4 is 5.32 Å². The van der Waals surface area contributed by atoms with Crippen molar-refractivity contribution in [3.05, 3.63) is 230 Å². The predicted molar refractivity (Wildman–Crippen MR) is 247 cm³/mol. The van der Waals surface area contributed by atoms with Gasteiger partial charge in [0.05, 0.1) is 22.7 Å². The first-order valence-corrected chi connectivity index (χ1v) is 22.5. The first-order valence-electron chi connectivity index (χ1n) is 22.5. The molecule has 7 unspecified atom stereocenters. The molecule has 0 heterocycles. The number of aliphatic hydroxyl groups is 4. The Balaban J connectivity index is 0.905. The van der Waals surface area contributed by atoms with Crippen LogP contribution in [0.15, 0.2) is 191 Å². The zero-order valence-corrected chi connectivity index (χ0v) is 35.3. The first-order chi connectivity index (χ1) is 31.6. The molecule has 0 aliphatic heterocycles. The topological polar surface area (TPSA) is 174 Å². The Morgan fingerprint density at radius 3 is 2.12 bits per heavy atom. The molecule has 8 aliphatic rings. The monoisotopic (exact) mass is 861 g/mol. The van der Waals surface area contributed by atoms with E-state index >= 15 is 0 Å².